The summed E-state index contributed by atoms with van der Waals surface area (Å²) in [6.07, 6.45) is 1.22. The van der Waals surface area contributed by atoms with E-state index in [0.29, 0.717) is 32.4 Å². The van der Waals surface area contributed by atoms with Gasteiger partial charge in [-0.25, -0.2) is 0 Å². The molecule has 0 bridgehead atoms. The molecule has 0 N–H and O–H groups in total. The number of nitrogens with zero attached hydrogens (tertiary/aromatic N) is 6. The summed E-state index contributed by atoms with van der Waals surface area (Å²) < 4.78 is 19.6. The van der Waals surface area contributed by atoms with Gasteiger partial charge in [-0.1, -0.05) is 0 Å². The fourth-order valence-corrected chi connectivity index (χ4v) is 1.90. The molecule has 0 aliphatic rings. The third kappa shape index (κ3) is 1.70. The Morgan fingerprint density at radius 1 is 0.706 bits per heavy atom. The summed E-state index contributed by atoms with van der Waals surface area (Å²) in [5, 5.41) is 51.2. The Hall–Kier alpha value is -1.50. The standard InChI is InChI=1S/2CHNO.4CN.K.Mn.O.H/c2*2-1-3;4*1-2;;;;/h2*3H;;;;;;;;/q;;;;;;;+2;;/p-2. The van der Waals surface area contributed by atoms with Crippen LogP contribution in [0.15, 0.2) is 0 Å². The summed E-state index contributed by atoms with van der Waals surface area (Å²) in [7, 11) is -8.58. The topological polar surface area (TPSA) is 178 Å². The van der Waals surface area contributed by atoms with Gasteiger partial charge in [0.15, 0.2) is 0 Å². The van der Waals surface area contributed by atoms with Crippen molar-refractivity contribution >= 4 is 51.4 Å². The molecule has 0 aromatic rings. The second-order valence-corrected chi connectivity index (χ2v) is 9.15. The molecular weight excluding hydrogens is 298 g/mol. The Labute approximate surface area is 135 Å². The molecule has 0 spiro atoms. The zero-order valence-corrected chi connectivity index (χ0v) is 8.47. The molecule has 0 saturated carbocycles. The molecule has 11 heteroatoms. The molecule has 0 heterocycles. The fourth-order valence-electron chi connectivity index (χ4n) is 0.462. The van der Waals surface area contributed by atoms with Crippen molar-refractivity contribution in [2.45, 2.75) is 0 Å². The van der Waals surface area contributed by atoms with Crippen molar-refractivity contribution in [3.05, 3.63) is 0 Å². The van der Waals surface area contributed by atoms with E-state index in [4.69, 9.17) is 31.6 Å². The first-order valence-corrected chi connectivity index (χ1v) is 6.78. The van der Waals surface area contributed by atoms with E-state index in [-0.39, 0.29) is 51.4 Å². The first-order chi connectivity index (χ1) is 7.22. The average molecular weight is 299 g/mol. The van der Waals surface area contributed by atoms with Gasteiger partial charge in [-0.3, -0.25) is 0 Å². The Kier molecular flexibility index (Phi) is 3.67. The van der Waals surface area contributed by atoms with Gasteiger partial charge in [0.1, 0.15) is 0 Å². The molecule has 81 valence electrons. The monoisotopic (exact) mass is 299 g/mol. The van der Waals surface area contributed by atoms with E-state index in [1.807, 2.05) is 0 Å². The van der Waals surface area contributed by atoms with Crippen LogP contribution in [-0.4, -0.2) is 51.4 Å². The number of rotatable bonds is 2. The van der Waals surface area contributed by atoms with Crippen LogP contribution in [0.5, 0.6) is 0 Å². The van der Waals surface area contributed by atoms with Gasteiger partial charge >= 0.3 is 137 Å². The predicted molar refractivity (Wildman–Crippen MR) is 43.7 cm³/mol. The SMILES string of the molecule is N#C[O][Mn](=[O])([C]#N)([C]#N)([C]#N)([C]#N)[O]C#N.[KH]. The van der Waals surface area contributed by atoms with Crippen LogP contribution in [0.2, 0.25) is 0 Å². The summed E-state index contributed by atoms with van der Waals surface area (Å²) in [5.74, 6) is 0. The average Bonchev–Trinajstić information content (AvgIpc) is 2.32. The Balaban J connectivity index is 0. The molecule has 0 aromatic carbocycles. The van der Waals surface area contributed by atoms with Crippen LogP contribution in [0, 0.1) is 64.0 Å². The van der Waals surface area contributed by atoms with E-state index >= 15 is 0 Å². The maximum atomic E-state index is 12.3. The van der Waals surface area contributed by atoms with Crippen molar-refractivity contribution in [3.8, 4) is 32.4 Å². The predicted octanol–water partition coefficient (Wildman–Crippen LogP) is -0.806. The Morgan fingerprint density at radius 3 is 1.06 bits per heavy atom. The summed E-state index contributed by atoms with van der Waals surface area (Å²) in [4.78, 5) is 1.97. The second kappa shape index (κ2) is 3.49. The number of hydrogen-bond donors (Lipinski definition) is 0. The van der Waals surface area contributed by atoms with Gasteiger partial charge in [0, 0.05) is 0 Å². The van der Waals surface area contributed by atoms with Crippen LogP contribution in [0.1, 0.15) is 0 Å². The van der Waals surface area contributed by atoms with Gasteiger partial charge < -0.3 is 0 Å². The first-order valence-electron chi connectivity index (χ1n) is 2.97. The van der Waals surface area contributed by atoms with Crippen LogP contribution in [0.3, 0.4) is 0 Å². The zero-order valence-electron chi connectivity index (χ0n) is 7.29. The third-order valence-electron chi connectivity index (χ3n) is 1.42. The van der Waals surface area contributed by atoms with E-state index in [9.17, 15) is 3.83 Å². The molecule has 0 aliphatic carbocycles. The normalized spacial score (nSPS) is 14.4. The van der Waals surface area contributed by atoms with Gasteiger partial charge in [0.05, 0.1) is 0 Å². The van der Waals surface area contributed by atoms with Crippen molar-refractivity contribution in [1.82, 2.24) is 0 Å². The molecule has 0 fully saturated rings. The number of hydrogen-bond acceptors (Lipinski definition) is 9. The van der Waals surface area contributed by atoms with Crippen molar-refractivity contribution in [2.24, 2.45) is 0 Å². The van der Waals surface area contributed by atoms with Crippen LogP contribution >= 0.6 is 0 Å². The minimum absolute atomic E-state index is 0. The molecule has 0 unspecified atom stereocenters. The zero-order chi connectivity index (χ0) is 13.0. The second-order valence-electron chi connectivity index (χ2n) is 2.36. The van der Waals surface area contributed by atoms with E-state index in [1.54, 1.807) is 0 Å². The van der Waals surface area contributed by atoms with Crippen LogP contribution < -0.4 is 0 Å². The van der Waals surface area contributed by atoms with E-state index in [2.05, 4.69) is 7.64 Å². The summed E-state index contributed by atoms with van der Waals surface area (Å²) in [6.45, 7) is 0. The molecule has 0 atom stereocenters. The summed E-state index contributed by atoms with van der Waals surface area (Å²) >= 11 is 0. The molecule has 0 saturated heterocycles. The first kappa shape index (κ1) is 17.9. The molecule has 0 aromatic heterocycles. The summed E-state index contributed by atoms with van der Waals surface area (Å²) in [5.41, 5.74) is 0. The van der Waals surface area contributed by atoms with Crippen molar-refractivity contribution in [3.63, 3.8) is 0 Å². The van der Waals surface area contributed by atoms with E-state index < -0.39 is 10.3 Å². The van der Waals surface area contributed by atoms with Crippen molar-refractivity contribution in [1.29, 1.82) is 31.6 Å². The molecule has 0 radical (unpaired) electrons. The van der Waals surface area contributed by atoms with Crippen molar-refractivity contribution < 1.29 is 21.7 Å². The minimum atomic E-state index is -8.58. The molecule has 0 aliphatic heterocycles. The van der Waals surface area contributed by atoms with Crippen LogP contribution in [-0.2, 0) is 21.7 Å². The van der Waals surface area contributed by atoms with Gasteiger partial charge in [0.25, 0.3) is 0 Å². The Bertz CT molecular complexity index is 641. The van der Waals surface area contributed by atoms with Crippen LogP contribution in [0.25, 0.3) is 0 Å². The van der Waals surface area contributed by atoms with Gasteiger partial charge in [-0.15, -0.1) is 0 Å². The molecular formula is C6HKMnN6O3. The van der Waals surface area contributed by atoms with Crippen molar-refractivity contribution in [2.75, 3.05) is 0 Å². The maximum absolute atomic E-state index is 12.3. The molecule has 0 rings (SSSR count). The summed E-state index contributed by atoms with van der Waals surface area (Å²) in [6, 6.07) is 0. The van der Waals surface area contributed by atoms with E-state index in [1.165, 1.54) is 0 Å². The third-order valence-corrected chi connectivity index (χ3v) is 5.87. The van der Waals surface area contributed by atoms with Crippen LogP contribution in [0.4, 0.5) is 0 Å². The van der Waals surface area contributed by atoms with Gasteiger partial charge in [-0.2, -0.15) is 0 Å². The fraction of sp³-hybridized carbons (Fsp3) is 0. The number of nitriles is 6. The van der Waals surface area contributed by atoms with Gasteiger partial charge in [-0.05, 0) is 0 Å². The molecule has 0 amide bonds. The van der Waals surface area contributed by atoms with Gasteiger partial charge in [0.2, 0.25) is 0 Å². The molecule has 17 heavy (non-hydrogen) atoms. The quantitative estimate of drug-likeness (QED) is 0.465. The Morgan fingerprint density at radius 2 is 0.941 bits per heavy atom. The molecule has 9 nitrogen and oxygen atoms in total. The van der Waals surface area contributed by atoms with E-state index in [0.717, 1.165) is 0 Å².